The Labute approximate surface area is 102 Å². The largest absolute Gasteiger partial charge is 0.306 e. The Morgan fingerprint density at radius 2 is 2.17 bits per heavy atom. The lowest BCUT2D eigenvalue weighted by Crippen LogP contribution is -2.15. The number of hydrogen-bond donors (Lipinski definition) is 1. The molecule has 0 saturated carbocycles. The van der Waals surface area contributed by atoms with Crippen molar-refractivity contribution in [1.82, 2.24) is 24.6 Å². The van der Waals surface area contributed by atoms with Crippen molar-refractivity contribution in [3.63, 3.8) is 0 Å². The normalized spacial score (nSPS) is 10.4. The van der Waals surface area contributed by atoms with Crippen molar-refractivity contribution >= 4 is 17.5 Å². The van der Waals surface area contributed by atoms with E-state index in [1.807, 2.05) is 0 Å². The molecule has 3 aromatic heterocycles. The molecule has 0 aliphatic heterocycles. The maximum Gasteiger partial charge on any atom is 0.258 e. The first-order valence-corrected chi connectivity index (χ1v) is 5.21. The molecule has 3 aromatic rings. The van der Waals surface area contributed by atoms with Gasteiger partial charge in [0.15, 0.2) is 0 Å². The first-order chi connectivity index (χ1) is 8.84. The summed E-state index contributed by atoms with van der Waals surface area (Å²) in [5, 5.41) is 6.71. The summed E-state index contributed by atoms with van der Waals surface area (Å²) in [6.07, 6.45) is 6.04. The van der Waals surface area contributed by atoms with Crippen LogP contribution in [0.5, 0.6) is 0 Å². The molecule has 7 heteroatoms. The number of anilines is 1. The fraction of sp³-hybridized carbons (Fsp3) is 0. The molecule has 88 valence electrons. The minimum absolute atomic E-state index is 0.258. The number of carbonyl (C=O) groups is 1. The first-order valence-electron chi connectivity index (χ1n) is 5.21. The van der Waals surface area contributed by atoms with Crippen LogP contribution in [0.25, 0.3) is 5.78 Å². The average Bonchev–Trinajstić information content (AvgIpc) is 2.89. The fourth-order valence-corrected chi connectivity index (χ4v) is 1.52. The molecule has 7 nitrogen and oxygen atoms in total. The smallest absolute Gasteiger partial charge is 0.258 e. The molecule has 3 heterocycles. The molecule has 1 N–H and O–H groups in total. The summed E-state index contributed by atoms with van der Waals surface area (Å²) >= 11 is 0. The second-order valence-electron chi connectivity index (χ2n) is 3.50. The van der Waals surface area contributed by atoms with E-state index in [9.17, 15) is 4.79 Å². The van der Waals surface area contributed by atoms with Crippen molar-refractivity contribution < 1.29 is 4.79 Å². The van der Waals surface area contributed by atoms with Gasteiger partial charge in [-0.25, -0.2) is 4.98 Å². The van der Waals surface area contributed by atoms with Crippen molar-refractivity contribution in [2.45, 2.75) is 0 Å². The lowest BCUT2D eigenvalue weighted by molar-refractivity contribution is 0.102. The molecule has 0 atom stereocenters. The van der Waals surface area contributed by atoms with E-state index < -0.39 is 0 Å². The molecular weight excluding hydrogens is 232 g/mol. The highest BCUT2D eigenvalue weighted by Crippen LogP contribution is 2.08. The zero-order valence-electron chi connectivity index (χ0n) is 9.19. The number of nitrogens with zero attached hydrogens (tertiary/aromatic N) is 5. The number of pyridine rings is 1. The molecule has 0 aliphatic carbocycles. The molecule has 18 heavy (non-hydrogen) atoms. The van der Waals surface area contributed by atoms with E-state index in [4.69, 9.17) is 0 Å². The molecule has 0 unspecified atom stereocenters. The average molecular weight is 240 g/mol. The van der Waals surface area contributed by atoms with E-state index >= 15 is 0 Å². The van der Waals surface area contributed by atoms with Gasteiger partial charge in [-0.3, -0.25) is 9.78 Å². The number of fused-ring (bicyclic) bond motifs is 1. The highest BCUT2D eigenvalue weighted by molar-refractivity contribution is 6.03. The Bertz CT molecular complexity index is 693. The SMILES string of the molecule is O=C(Nc1ccnc2ncnn12)c1cccnc1. The van der Waals surface area contributed by atoms with Gasteiger partial charge in [-0.05, 0) is 18.2 Å². The standard InChI is InChI=1S/C11H8N6O/c18-10(8-2-1-4-12-6-8)16-9-3-5-13-11-14-7-15-17(9)11/h1-7H,(H,16,18). The van der Waals surface area contributed by atoms with Crippen LogP contribution in [-0.4, -0.2) is 30.5 Å². The summed E-state index contributed by atoms with van der Waals surface area (Å²) in [6, 6.07) is 5.03. The summed E-state index contributed by atoms with van der Waals surface area (Å²) in [6.45, 7) is 0. The number of aromatic nitrogens is 5. The van der Waals surface area contributed by atoms with Crippen LogP contribution in [0.1, 0.15) is 10.4 Å². The molecule has 0 aromatic carbocycles. The Morgan fingerprint density at radius 3 is 3.00 bits per heavy atom. The second kappa shape index (κ2) is 4.21. The monoisotopic (exact) mass is 240 g/mol. The van der Waals surface area contributed by atoms with E-state index in [0.29, 0.717) is 17.2 Å². The fourth-order valence-electron chi connectivity index (χ4n) is 1.52. The molecule has 1 amide bonds. The van der Waals surface area contributed by atoms with Gasteiger partial charge < -0.3 is 5.32 Å². The van der Waals surface area contributed by atoms with Gasteiger partial charge in [-0.15, -0.1) is 0 Å². The first kappa shape index (κ1) is 10.3. The summed E-state index contributed by atoms with van der Waals surface area (Å²) in [7, 11) is 0. The Hall–Kier alpha value is -2.83. The van der Waals surface area contributed by atoms with E-state index in [-0.39, 0.29) is 5.91 Å². The van der Waals surface area contributed by atoms with Gasteiger partial charge in [-0.1, -0.05) is 0 Å². The summed E-state index contributed by atoms with van der Waals surface area (Å²) in [5.74, 6) is 0.677. The third-order valence-corrected chi connectivity index (χ3v) is 2.35. The molecule has 0 spiro atoms. The maximum absolute atomic E-state index is 11.9. The minimum atomic E-state index is -0.258. The van der Waals surface area contributed by atoms with Crippen LogP contribution in [0.15, 0.2) is 43.1 Å². The van der Waals surface area contributed by atoms with Crippen LogP contribution in [-0.2, 0) is 0 Å². The van der Waals surface area contributed by atoms with Crippen LogP contribution in [0.3, 0.4) is 0 Å². The Balaban J connectivity index is 1.93. The number of carbonyl (C=O) groups excluding carboxylic acids is 1. The molecule has 0 bridgehead atoms. The van der Waals surface area contributed by atoms with Crippen LogP contribution in [0, 0.1) is 0 Å². The molecule has 0 radical (unpaired) electrons. The topological polar surface area (TPSA) is 85.1 Å². The van der Waals surface area contributed by atoms with Gasteiger partial charge >= 0.3 is 0 Å². The van der Waals surface area contributed by atoms with Gasteiger partial charge in [0.2, 0.25) is 0 Å². The Kier molecular flexibility index (Phi) is 2.41. The Morgan fingerprint density at radius 1 is 1.22 bits per heavy atom. The lowest BCUT2D eigenvalue weighted by Gasteiger charge is -2.05. The van der Waals surface area contributed by atoms with E-state index in [0.717, 1.165) is 0 Å². The predicted octanol–water partition coefficient (Wildman–Crippen LogP) is 0.772. The highest BCUT2D eigenvalue weighted by atomic mass is 16.1. The molecule has 0 saturated heterocycles. The molecule has 3 rings (SSSR count). The zero-order chi connectivity index (χ0) is 12.4. The van der Waals surface area contributed by atoms with Crippen molar-refractivity contribution in [3.8, 4) is 0 Å². The van der Waals surface area contributed by atoms with Crippen molar-refractivity contribution in [2.24, 2.45) is 0 Å². The van der Waals surface area contributed by atoms with Crippen molar-refractivity contribution in [1.29, 1.82) is 0 Å². The van der Waals surface area contributed by atoms with Crippen molar-refractivity contribution in [3.05, 3.63) is 48.7 Å². The van der Waals surface area contributed by atoms with Gasteiger partial charge in [0.1, 0.15) is 12.1 Å². The van der Waals surface area contributed by atoms with Crippen LogP contribution >= 0.6 is 0 Å². The van der Waals surface area contributed by atoms with Crippen LogP contribution in [0.4, 0.5) is 5.82 Å². The van der Waals surface area contributed by atoms with E-state index in [1.165, 1.54) is 17.0 Å². The molecule has 0 aliphatic rings. The third-order valence-electron chi connectivity index (χ3n) is 2.35. The van der Waals surface area contributed by atoms with Gasteiger partial charge in [0.05, 0.1) is 5.56 Å². The van der Waals surface area contributed by atoms with Crippen LogP contribution < -0.4 is 5.32 Å². The highest BCUT2D eigenvalue weighted by Gasteiger charge is 2.09. The number of nitrogens with one attached hydrogen (secondary N) is 1. The third kappa shape index (κ3) is 1.77. The van der Waals surface area contributed by atoms with E-state index in [1.54, 1.807) is 30.6 Å². The lowest BCUT2D eigenvalue weighted by atomic mass is 10.3. The molecule has 0 fully saturated rings. The quantitative estimate of drug-likeness (QED) is 0.715. The maximum atomic E-state index is 11.9. The number of rotatable bonds is 2. The van der Waals surface area contributed by atoms with Gasteiger partial charge in [0, 0.05) is 18.6 Å². The molecular formula is C11H8N6O. The van der Waals surface area contributed by atoms with Gasteiger partial charge in [-0.2, -0.15) is 14.6 Å². The van der Waals surface area contributed by atoms with E-state index in [2.05, 4.69) is 25.4 Å². The second-order valence-corrected chi connectivity index (χ2v) is 3.50. The van der Waals surface area contributed by atoms with Crippen molar-refractivity contribution in [2.75, 3.05) is 5.32 Å². The number of hydrogen-bond acceptors (Lipinski definition) is 5. The van der Waals surface area contributed by atoms with Gasteiger partial charge in [0.25, 0.3) is 11.7 Å². The van der Waals surface area contributed by atoms with Crippen LogP contribution in [0.2, 0.25) is 0 Å². The summed E-state index contributed by atoms with van der Waals surface area (Å²) in [5.41, 5.74) is 0.475. The minimum Gasteiger partial charge on any atom is -0.306 e. The number of amides is 1. The zero-order valence-corrected chi connectivity index (χ0v) is 9.19. The summed E-state index contributed by atoms with van der Waals surface area (Å²) in [4.78, 5) is 23.8. The summed E-state index contributed by atoms with van der Waals surface area (Å²) < 4.78 is 1.45. The predicted molar refractivity (Wildman–Crippen MR) is 63.0 cm³/mol.